The average molecular weight is 218 g/mol. The molecular weight excluding hydrogens is 206 g/mol. The Hall–Kier alpha value is -0.680. The zero-order valence-corrected chi connectivity index (χ0v) is 8.22. The predicted molar refractivity (Wildman–Crippen MR) is 51.9 cm³/mol. The summed E-state index contributed by atoms with van der Waals surface area (Å²) in [7, 11) is 0. The van der Waals surface area contributed by atoms with Crippen molar-refractivity contribution in [1.82, 2.24) is 4.98 Å². The number of rotatable bonds is 4. The fraction of sp³-hybridized carbons (Fsp3) is 0.444. The Labute approximate surface area is 86.8 Å². The van der Waals surface area contributed by atoms with Gasteiger partial charge in [0, 0.05) is 18.4 Å². The zero-order chi connectivity index (χ0) is 10.6. The van der Waals surface area contributed by atoms with Gasteiger partial charge in [-0.25, -0.2) is 4.98 Å². The van der Waals surface area contributed by atoms with Gasteiger partial charge in [-0.05, 0) is 12.5 Å². The molecule has 3 N–H and O–H groups in total. The molecule has 4 nitrogen and oxygen atoms in total. The van der Waals surface area contributed by atoms with Crippen molar-refractivity contribution in [2.75, 3.05) is 6.61 Å². The van der Waals surface area contributed by atoms with Crippen LogP contribution in [0.4, 0.5) is 0 Å². The minimum absolute atomic E-state index is 0.129. The molecule has 0 saturated carbocycles. The maximum atomic E-state index is 9.57. The zero-order valence-electron chi connectivity index (χ0n) is 7.47. The Morgan fingerprint density at radius 2 is 2.07 bits per heavy atom. The van der Waals surface area contributed by atoms with Crippen molar-refractivity contribution in [3.8, 4) is 0 Å². The van der Waals surface area contributed by atoms with Crippen LogP contribution in [0.3, 0.4) is 0 Å². The number of aliphatic hydroxyl groups is 3. The molecule has 1 aromatic rings. The van der Waals surface area contributed by atoms with Gasteiger partial charge in [-0.3, -0.25) is 0 Å². The molecule has 1 aromatic heterocycles. The molecule has 0 saturated heterocycles. The third-order valence-corrected chi connectivity index (χ3v) is 2.10. The molecule has 14 heavy (non-hydrogen) atoms. The van der Waals surface area contributed by atoms with Gasteiger partial charge in [-0.2, -0.15) is 0 Å². The van der Waals surface area contributed by atoms with E-state index in [4.69, 9.17) is 16.7 Å². The van der Waals surface area contributed by atoms with Crippen molar-refractivity contribution in [3.63, 3.8) is 0 Å². The first kappa shape index (κ1) is 11.4. The Bertz CT molecular complexity index is 278. The molecule has 0 aromatic carbocycles. The van der Waals surface area contributed by atoms with Crippen LogP contribution in [-0.4, -0.2) is 33.0 Å². The number of hydrogen-bond acceptors (Lipinski definition) is 4. The van der Waals surface area contributed by atoms with Gasteiger partial charge in [0.05, 0.1) is 6.10 Å². The summed E-state index contributed by atoms with van der Waals surface area (Å²) in [5.41, 5.74) is 0.482. The molecule has 5 heteroatoms. The monoisotopic (exact) mass is 217 g/mol. The molecule has 0 spiro atoms. The molecule has 0 aliphatic carbocycles. The van der Waals surface area contributed by atoms with Crippen molar-refractivity contribution in [2.24, 2.45) is 0 Å². The molecule has 1 rings (SSSR count). The van der Waals surface area contributed by atoms with Gasteiger partial charge in [0.2, 0.25) is 0 Å². The molecule has 2 atom stereocenters. The lowest BCUT2D eigenvalue weighted by Crippen LogP contribution is -2.19. The largest absolute Gasteiger partial charge is 0.396 e. The number of aromatic nitrogens is 1. The van der Waals surface area contributed by atoms with Gasteiger partial charge in [-0.1, -0.05) is 17.7 Å². The van der Waals surface area contributed by atoms with E-state index in [-0.39, 0.29) is 13.0 Å². The summed E-state index contributed by atoms with van der Waals surface area (Å²) in [5, 5.41) is 27.8. The quantitative estimate of drug-likeness (QED) is 0.643. The Morgan fingerprint density at radius 1 is 1.36 bits per heavy atom. The van der Waals surface area contributed by atoms with E-state index in [1.807, 2.05) is 0 Å². The lowest BCUT2D eigenvalue weighted by Gasteiger charge is -2.16. The fourth-order valence-electron chi connectivity index (χ4n) is 1.07. The van der Waals surface area contributed by atoms with E-state index >= 15 is 0 Å². The number of nitrogens with zero attached hydrogens (tertiary/aromatic N) is 1. The number of halogens is 1. The van der Waals surface area contributed by atoms with Crippen molar-refractivity contribution in [3.05, 3.63) is 29.0 Å². The fourth-order valence-corrected chi connectivity index (χ4v) is 1.19. The standard InChI is InChI=1S/C9H12ClNO3/c10-8-2-1-6(5-11-8)9(14)7(13)3-4-12/h1-2,5,7,9,12-14H,3-4H2. The maximum Gasteiger partial charge on any atom is 0.129 e. The van der Waals surface area contributed by atoms with E-state index in [9.17, 15) is 10.2 Å². The molecule has 0 aliphatic heterocycles. The molecular formula is C9H12ClNO3. The highest BCUT2D eigenvalue weighted by Crippen LogP contribution is 2.18. The summed E-state index contributed by atoms with van der Waals surface area (Å²) in [4.78, 5) is 3.77. The molecule has 2 unspecified atom stereocenters. The van der Waals surface area contributed by atoms with Crippen LogP contribution >= 0.6 is 11.6 Å². The second-order valence-electron chi connectivity index (χ2n) is 2.94. The van der Waals surface area contributed by atoms with Crippen LogP contribution < -0.4 is 0 Å². The van der Waals surface area contributed by atoms with Crippen LogP contribution in [0.25, 0.3) is 0 Å². The van der Waals surface area contributed by atoms with E-state index in [1.165, 1.54) is 12.3 Å². The van der Waals surface area contributed by atoms with E-state index in [0.717, 1.165) is 0 Å². The molecule has 0 aliphatic rings. The number of aliphatic hydroxyl groups excluding tert-OH is 3. The number of hydrogen-bond donors (Lipinski definition) is 3. The summed E-state index contributed by atoms with van der Waals surface area (Å²) in [6, 6.07) is 3.12. The third kappa shape index (κ3) is 2.92. The molecule has 0 amide bonds. The smallest absolute Gasteiger partial charge is 0.129 e. The highest BCUT2D eigenvalue weighted by molar-refractivity contribution is 6.29. The topological polar surface area (TPSA) is 73.6 Å². The highest BCUT2D eigenvalue weighted by atomic mass is 35.5. The molecule has 1 heterocycles. The van der Waals surface area contributed by atoms with Crippen LogP contribution in [0.5, 0.6) is 0 Å². The van der Waals surface area contributed by atoms with Gasteiger partial charge in [0.1, 0.15) is 11.3 Å². The third-order valence-electron chi connectivity index (χ3n) is 1.88. The molecule has 78 valence electrons. The van der Waals surface area contributed by atoms with Crippen molar-refractivity contribution < 1.29 is 15.3 Å². The van der Waals surface area contributed by atoms with Gasteiger partial charge < -0.3 is 15.3 Å². The minimum atomic E-state index is -1.04. The SMILES string of the molecule is OCCC(O)C(O)c1ccc(Cl)nc1. The Morgan fingerprint density at radius 3 is 2.57 bits per heavy atom. The molecule has 0 radical (unpaired) electrons. The van der Waals surface area contributed by atoms with E-state index in [0.29, 0.717) is 10.7 Å². The lowest BCUT2D eigenvalue weighted by molar-refractivity contribution is 0.00404. The Balaban J connectivity index is 2.68. The van der Waals surface area contributed by atoms with E-state index < -0.39 is 12.2 Å². The Kier molecular flexibility index (Phi) is 4.28. The summed E-state index contributed by atoms with van der Waals surface area (Å²) >= 11 is 5.56. The first-order chi connectivity index (χ1) is 6.65. The summed E-state index contributed by atoms with van der Waals surface area (Å²) in [5.74, 6) is 0. The first-order valence-corrected chi connectivity index (χ1v) is 4.61. The van der Waals surface area contributed by atoms with Gasteiger partial charge >= 0.3 is 0 Å². The summed E-state index contributed by atoms with van der Waals surface area (Å²) in [6.45, 7) is -0.167. The van der Waals surface area contributed by atoms with Crippen LogP contribution in [-0.2, 0) is 0 Å². The minimum Gasteiger partial charge on any atom is -0.396 e. The highest BCUT2D eigenvalue weighted by Gasteiger charge is 2.17. The predicted octanol–water partition coefficient (Wildman–Crippen LogP) is 0.512. The van der Waals surface area contributed by atoms with Crippen molar-refractivity contribution in [1.29, 1.82) is 0 Å². The van der Waals surface area contributed by atoms with Crippen LogP contribution in [0.2, 0.25) is 5.15 Å². The van der Waals surface area contributed by atoms with Crippen molar-refractivity contribution >= 4 is 11.6 Å². The normalized spacial score (nSPS) is 15.1. The lowest BCUT2D eigenvalue weighted by atomic mass is 10.0. The van der Waals surface area contributed by atoms with Gasteiger partial charge in [0.15, 0.2) is 0 Å². The van der Waals surface area contributed by atoms with Crippen LogP contribution in [0, 0.1) is 0 Å². The van der Waals surface area contributed by atoms with Crippen LogP contribution in [0.15, 0.2) is 18.3 Å². The van der Waals surface area contributed by atoms with Gasteiger partial charge in [0.25, 0.3) is 0 Å². The summed E-state index contributed by atoms with van der Waals surface area (Å²) in [6.07, 6.45) is -0.493. The van der Waals surface area contributed by atoms with Gasteiger partial charge in [-0.15, -0.1) is 0 Å². The maximum absolute atomic E-state index is 9.57. The second-order valence-corrected chi connectivity index (χ2v) is 3.33. The molecule has 0 fully saturated rings. The summed E-state index contributed by atoms with van der Waals surface area (Å²) < 4.78 is 0. The van der Waals surface area contributed by atoms with Crippen LogP contribution in [0.1, 0.15) is 18.1 Å². The number of pyridine rings is 1. The van der Waals surface area contributed by atoms with E-state index in [2.05, 4.69) is 4.98 Å². The average Bonchev–Trinajstić information content (AvgIpc) is 2.18. The second kappa shape index (κ2) is 5.26. The van der Waals surface area contributed by atoms with E-state index in [1.54, 1.807) is 6.07 Å². The van der Waals surface area contributed by atoms with Crippen molar-refractivity contribution in [2.45, 2.75) is 18.6 Å². The first-order valence-electron chi connectivity index (χ1n) is 4.23. The molecule has 0 bridgehead atoms.